The molecule has 4 aromatic rings. The number of methoxy groups -OCH3 is 2. The molecule has 0 saturated carbocycles. The molecule has 6 heteroatoms. The highest BCUT2D eigenvalue weighted by molar-refractivity contribution is 6.24. The number of nitrogens with one attached hydrogen (secondary N) is 1. The van der Waals surface area contributed by atoms with Crippen molar-refractivity contribution in [2.24, 2.45) is 10.2 Å². The summed E-state index contributed by atoms with van der Waals surface area (Å²) in [6, 6.07) is 22.2. The molecule has 1 aliphatic rings. The third-order valence-corrected chi connectivity index (χ3v) is 5.35. The predicted octanol–water partition coefficient (Wildman–Crippen LogP) is 4.95. The van der Waals surface area contributed by atoms with Crippen LogP contribution in [0.25, 0.3) is 22.4 Å². The van der Waals surface area contributed by atoms with E-state index in [1.807, 2.05) is 42.5 Å². The van der Waals surface area contributed by atoms with Crippen LogP contribution in [-0.2, 0) is 0 Å². The summed E-state index contributed by atoms with van der Waals surface area (Å²) in [5, 5.41) is 16.2. The lowest BCUT2D eigenvalue weighted by molar-refractivity contribution is 0.355. The lowest BCUT2D eigenvalue weighted by atomic mass is 10.1. The minimum Gasteiger partial charge on any atom is -0.493 e. The molecule has 0 unspecified atom stereocenters. The second-order valence-electron chi connectivity index (χ2n) is 7.05. The number of H-pyrrole nitrogens is 1. The second kappa shape index (κ2) is 7.91. The van der Waals surface area contributed by atoms with E-state index in [0.29, 0.717) is 11.5 Å². The Bertz CT molecular complexity index is 1270. The lowest BCUT2D eigenvalue weighted by Gasteiger charge is -2.09. The summed E-state index contributed by atoms with van der Waals surface area (Å²) in [5.74, 6) is 1.32. The van der Waals surface area contributed by atoms with E-state index in [0.717, 1.165) is 33.7 Å². The average molecular weight is 408 g/mol. The molecule has 3 aromatic carbocycles. The molecule has 0 bridgehead atoms. The fraction of sp³-hybridized carbons (Fsp3) is 0.0800. The number of fused-ring (bicyclic) bond motifs is 3. The fourth-order valence-corrected chi connectivity index (χ4v) is 3.87. The highest BCUT2D eigenvalue weighted by Crippen LogP contribution is 2.36. The standard InChI is InChI=1S/C25H20N4O2/c1-30-22-12-11-16(13-23(22)31-2)24-17(14-26-28-24)15-27-29-25-20-9-5-3-7-18(20)19-8-4-6-10-21(19)25/h3-15H,1-2H3,(H,26,28)/b27-15+. The van der Waals surface area contributed by atoms with E-state index in [9.17, 15) is 0 Å². The molecule has 1 aromatic heterocycles. The van der Waals surface area contributed by atoms with Crippen molar-refractivity contribution in [2.45, 2.75) is 0 Å². The molecule has 1 aliphatic carbocycles. The zero-order chi connectivity index (χ0) is 21.2. The molecule has 0 atom stereocenters. The van der Waals surface area contributed by atoms with E-state index in [-0.39, 0.29) is 0 Å². The van der Waals surface area contributed by atoms with Crippen LogP contribution in [0.4, 0.5) is 0 Å². The maximum atomic E-state index is 5.42. The first-order valence-electron chi connectivity index (χ1n) is 9.86. The molecule has 6 nitrogen and oxygen atoms in total. The largest absolute Gasteiger partial charge is 0.493 e. The first kappa shape index (κ1) is 18.8. The van der Waals surface area contributed by atoms with Crippen molar-refractivity contribution >= 4 is 11.9 Å². The maximum absolute atomic E-state index is 5.42. The molecule has 1 N–H and O–H groups in total. The Labute approximate surface area is 179 Å². The molecule has 5 rings (SSSR count). The van der Waals surface area contributed by atoms with Crippen LogP contribution in [0.2, 0.25) is 0 Å². The van der Waals surface area contributed by atoms with Gasteiger partial charge in [0.15, 0.2) is 11.5 Å². The van der Waals surface area contributed by atoms with Crippen molar-refractivity contribution in [1.82, 2.24) is 10.2 Å². The van der Waals surface area contributed by atoms with E-state index < -0.39 is 0 Å². The number of nitrogens with zero attached hydrogens (tertiary/aromatic N) is 3. The topological polar surface area (TPSA) is 71.9 Å². The van der Waals surface area contributed by atoms with Gasteiger partial charge >= 0.3 is 0 Å². The van der Waals surface area contributed by atoms with Crippen LogP contribution in [0.3, 0.4) is 0 Å². The monoisotopic (exact) mass is 408 g/mol. The molecule has 31 heavy (non-hydrogen) atoms. The van der Waals surface area contributed by atoms with Crippen LogP contribution in [0, 0.1) is 0 Å². The Morgan fingerprint density at radius 2 is 1.45 bits per heavy atom. The number of hydrogen-bond acceptors (Lipinski definition) is 5. The molecule has 1 heterocycles. The molecule has 0 fully saturated rings. The zero-order valence-corrected chi connectivity index (χ0v) is 17.2. The first-order valence-corrected chi connectivity index (χ1v) is 9.86. The third-order valence-electron chi connectivity index (χ3n) is 5.35. The summed E-state index contributed by atoms with van der Waals surface area (Å²) in [6.07, 6.45) is 3.44. The smallest absolute Gasteiger partial charge is 0.161 e. The van der Waals surface area contributed by atoms with Crippen LogP contribution in [0.5, 0.6) is 11.5 Å². The maximum Gasteiger partial charge on any atom is 0.161 e. The highest BCUT2D eigenvalue weighted by Gasteiger charge is 2.23. The number of rotatable bonds is 5. The van der Waals surface area contributed by atoms with E-state index in [2.05, 4.69) is 44.7 Å². The van der Waals surface area contributed by atoms with Gasteiger partial charge in [0.05, 0.1) is 32.3 Å². The molecule has 0 saturated heterocycles. The Morgan fingerprint density at radius 1 is 0.806 bits per heavy atom. The van der Waals surface area contributed by atoms with Gasteiger partial charge in [0.1, 0.15) is 5.71 Å². The summed E-state index contributed by atoms with van der Waals surface area (Å²) in [6.45, 7) is 0. The molecule has 0 amide bonds. The van der Waals surface area contributed by atoms with Gasteiger partial charge in [-0.3, -0.25) is 5.10 Å². The summed E-state index contributed by atoms with van der Waals surface area (Å²) < 4.78 is 10.7. The van der Waals surface area contributed by atoms with Gasteiger partial charge in [-0.25, -0.2) is 0 Å². The fourth-order valence-electron chi connectivity index (χ4n) is 3.87. The van der Waals surface area contributed by atoms with E-state index >= 15 is 0 Å². The molecular weight excluding hydrogens is 388 g/mol. The van der Waals surface area contributed by atoms with Gasteiger partial charge < -0.3 is 9.47 Å². The molecule has 0 spiro atoms. The Kier molecular flexibility index (Phi) is 4.80. The van der Waals surface area contributed by atoms with Crippen LogP contribution >= 0.6 is 0 Å². The van der Waals surface area contributed by atoms with Crippen LogP contribution in [0.1, 0.15) is 16.7 Å². The molecular formula is C25H20N4O2. The third kappa shape index (κ3) is 3.28. The van der Waals surface area contributed by atoms with Crippen molar-refractivity contribution < 1.29 is 9.47 Å². The first-order chi connectivity index (χ1) is 15.3. The quantitative estimate of drug-likeness (QED) is 0.330. The predicted molar refractivity (Wildman–Crippen MR) is 122 cm³/mol. The van der Waals surface area contributed by atoms with E-state index in [1.165, 1.54) is 11.1 Å². The Morgan fingerprint density at radius 3 is 2.10 bits per heavy atom. The van der Waals surface area contributed by atoms with Crippen molar-refractivity contribution in [3.05, 3.63) is 89.6 Å². The van der Waals surface area contributed by atoms with Gasteiger partial charge in [-0.05, 0) is 29.3 Å². The normalized spacial score (nSPS) is 12.0. The van der Waals surface area contributed by atoms with Crippen molar-refractivity contribution in [2.75, 3.05) is 14.2 Å². The SMILES string of the molecule is COc1ccc(-c2[nH]ncc2/C=N/N=C2c3ccccc3-c3ccccc32)cc1OC. The number of benzene rings is 3. The van der Waals surface area contributed by atoms with Gasteiger partial charge in [-0.15, -0.1) is 5.10 Å². The minimum atomic E-state index is 0.650. The summed E-state index contributed by atoms with van der Waals surface area (Å²) >= 11 is 0. The van der Waals surface area contributed by atoms with Gasteiger partial charge in [-0.2, -0.15) is 10.2 Å². The van der Waals surface area contributed by atoms with Crippen LogP contribution < -0.4 is 9.47 Å². The highest BCUT2D eigenvalue weighted by atomic mass is 16.5. The molecule has 152 valence electrons. The van der Waals surface area contributed by atoms with Crippen molar-refractivity contribution in [3.8, 4) is 33.9 Å². The summed E-state index contributed by atoms with van der Waals surface area (Å²) in [5.41, 5.74) is 8.00. The van der Waals surface area contributed by atoms with Crippen molar-refractivity contribution in [3.63, 3.8) is 0 Å². The van der Waals surface area contributed by atoms with E-state index in [4.69, 9.17) is 9.47 Å². The van der Waals surface area contributed by atoms with Crippen LogP contribution in [-0.4, -0.2) is 36.3 Å². The summed E-state index contributed by atoms with van der Waals surface area (Å²) in [4.78, 5) is 0. The number of aromatic nitrogens is 2. The second-order valence-corrected chi connectivity index (χ2v) is 7.05. The number of ether oxygens (including phenoxy) is 2. The summed E-state index contributed by atoms with van der Waals surface area (Å²) in [7, 11) is 3.23. The minimum absolute atomic E-state index is 0.650. The zero-order valence-electron chi connectivity index (χ0n) is 17.2. The van der Waals surface area contributed by atoms with Gasteiger partial charge in [-0.1, -0.05) is 48.5 Å². The van der Waals surface area contributed by atoms with Gasteiger partial charge in [0.25, 0.3) is 0 Å². The average Bonchev–Trinajstić information content (AvgIpc) is 3.42. The lowest BCUT2D eigenvalue weighted by Crippen LogP contribution is -1.97. The number of aromatic amines is 1. The van der Waals surface area contributed by atoms with Gasteiger partial charge in [0, 0.05) is 22.3 Å². The molecule has 0 aliphatic heterocycles. The van der Waals surface area contributed by atoms with Crippen LogP contribution in [0.15, 0.2) is 83.1 Å². The molecule has 0 radical (unpaired) electrons. The van der Waals surface area contributed by atoms with Crippen molar-refractivity contribution in [1.29, 1.82) is 0 Å². The Balaban J connectivity index is 1.50. The van der Waals surface area contributed by atoms with E-state index in [1.54, 1.807) is 26.6 Å². The van der Waals surface area contributed by atoms with Gasteiger partial charge in [0.2, 0.25) is 0 Å². The Hall–Kier alpha value is -4.19. The number of hydrogen-bond donors (Lipinski definition) is 1.